The fraction of sp³-hybridized carbons (Fsp3) is 0.379. The molecule has 1 saturated heterocycles. The van der Waals surface area contributed by atoms with Crippen LogP contribution < -0.4 is 5.32 Å². The van der Waals surface area contributed by atoms with Gasteiger partial charge in [-0.1, -0.05) is 29.8 Å². The quantitative estimate of drug-likeness (QED) is 0.353. The van der Waals surface area contributed by atoms with Crippen LogP contribution in [0.25, 0.3) is 0 Å². The number of anilines is 1. The van der Waals surface area contributed by atoms with Gasteiger partial charge < -0.3 is 24.3 Å². The lowest BCUT2D eigenvalue weighted by molar-refractivity contribution is -0.133. The Morgan fingerprint density at radius 1 is 1.05 bits per heavy atom. The molecule has 0 spiro atoms. The van der Waals surface area contributed by atoms with Crippen LogP contribution in [0.2, 0.25) is 5.02 Å². The minimum absolute atomic E-state index is 0.129. The van der Waals surface area contributed by atoms with Gasteiger partial charge in [0.15, 0.2) is 0 Å². The van der Waals surface area contributed by atoms with Gasteiger partial charge in [0.25, 0.3) is 0 Å². The molecule has 1 N–H and O–H groups in total. The molecule has 3 amide bonds. The molecule has 8 nitrogen and oxygen atoms in total. The van der Waals surface area contributed by atoms with Crippen LogP contribution in [0.3, 0.4) is 0 Å². The molecule has 39 heavy (non-hydrogen) atoms. The number of hydrogen-bond donors (Lipinski definition) is 1. The molecule has 0 unspecified atom stereocenters. The van der Waals surface area contributed by atoms with Crippen LogP contribution >= 0.6 is 11.6 Å². The smallest absolute Gasteiger partial charge is 0.322 e. The van der Waals surface area contributed by atoms with Gasteiger partial charge in [-0.25, -0.2) is 9.18 Å². The number of nitrogens with one attached hydrogen (secondary N) is 1. The molecule has 0 saturated carbocycles. The van der Waals surface area contributed by atoms with Gasteiger partial charge >= 0.3 is 6.03 Å². The van der Waals surface area contributed by atoms with Crippen LogP contribution in [0.5, 0.6) is 0 Å². The Hall–Kier alpha value is -3.40. The Kier molecular flexibility index (Phi) is 10.4. The Bertz CT molecular complexity index is 1220. The first-order valence-corrected chi connectivity index (χ1v) is 13.4. The zero-order valence-electron chi connectivity index (χ0n) is 22.1. The summed E-state index contributed by atoms with van der Waals surface area (Å²) in [6.45, 7) is 6.50. The summed E-state index contributed by atoms with van der Waals surface area (Å²) in [5.74, 6) is 0.0178. The van der Waals surface area contributed by atoms with E-state index in [9.17, 15) is 14.0 Å². The molecular weight excluding hydrogens is 523 g/mol. The molecule has 1 aromatic heterocycles. The Balaban J connectivity index is 1.47. The summed E-state index contributed by atoms with van der Waals surface area (Å²) >= 11 is 6.25. The summed E-state index contributed by atoms with van der Waals surface area (Å²) in [6.07, 6.45) is 2.25. The van der Waals surface area contributed by atoms with Crippen LogP contribution in [-0.4, -0.2) is 72.6 Å². The van der Waals surface area contributed by atoms with Gasteiger partial charge in [0.1, 0.15) is 18.1 Å². The lowest BCUT2D eigenvalue weighted by Gasteiger charge is -2.30. The number of urea groups is 1. The Morgan fingerprint density at radius 3 is 2.51 bits per heavy atom. The fourth-order valence-electron chi connectivity index (χ4n) is 4.33. The summed E-state index contributed by atoms with van der Waals surface area (Å²) in [7, 11) is 0. The third kappa shape index (κ3) is 8.81. The van der Waals surface area contributed by atoms with Crippen molar-refractivity contribution < 1.29 is 23.1 Å². The minimum atomic E-state index is -0.384. The molecule has 0 bridgehead atoms. The predicted octanol–water partition coefficient (Wildman–Crippen LogP) is 5.17. The third-order valence-electron chi connectivity index (χ3n) is 6.61. The van der Waals surface area contributed by atoms with Crippen molar-refractivity contribution in [2.75, 3.05) is 51.3 Å². The van der Waals surface area contributed by atoms with Crippen molar-refractivity contribution >= 4 is 29.2 Å². The van der Waals surface area contributed by atoms with E-state index in [4.69, 9.17) is 20.8 Å². The van der Waals surface area contributed by atoms with Crippen LogP contribution in [0, 0.1) is 12.7 Å². The normalized spacial score (nSPS) is 13.7. The second-order valence-electron chi connectivity index (χ2n) is 9.58. The standard InChI is InChI=1S/C29H34ClFN4O4/c1-22-5-10-25(18-27(22)30)32-29(37)34(12-3-11-33-13-16-38-17-14-33)21-28(36)35(20-26-4-2-15-39-26)19-23-6-8-24(31)9-7-23/h2,4-10,15,18H,3,11-14,16-17,19-21H2,1H3,(H,32,37). The van der Waals surface area contributed by atoms with E-state index in [2.05, 4.69) is 10.2 Å². The first-order valence-electron chi connectivity index (χ1n) is 13.0. The van der Waals surface area contributed by atoms with Gasteiger partial charge in [0.05, 0.1) is 26.0 Å². The largest absolute Gasteiger partial charge is 0.467 e. The van der Waals surface area contributed by atoms with E-state index in [1.165, 1.54) is 17.0 Å². The van der Waals surface area contributed by atoms with Crippen LogP contribution in [0.1, 0.15) is 23.3 Å². The first-order chi connectivity index (χ1) is 18.9. The van der Waals surface area contributed by atoms with Gasteiger partial charge in [-0.15, -0.1) is 0 Å². The fourth-order valence-corrected chi connectivity index (χ4v) is 4.51. The highest BCUT2D eigenvalue weighted by molar-refractivity contribution is 6.31. The SMILES string of the molecule is Cc1ccc(NC(=O)N(CCCN2CCOCC2)CC(=O)N(Cc2ccc(F)cc2)Cc2ccco2)cc1Cl. The van der Waals surface area contributed by atoms with E-state index >= 15 is 0 Å². The molecule has 208 valence electrons. The Labute approximate surface area is 233 Å². The lowest BCUT2D eigenvalue weighted by Crippen LogP contribution is -2.45. The van der Waals surface area contributed by atoms with E-state index in [1.54, 1.807) is 47.6 Å². The number of benzene rings is 2. The molecule has 1 aliphatic heterocycles. The topological polar surface area (TPSA) is 78.3 Å². The predicted molar refractivity (Wildman–Crippen MR) is 148 cm³/mol. The molecule has 0 radical (unpaired) electrons. The highest BCUT2D eigenvalue weighted by Gasteiger charge is 2.23. The zero-order chi connectivity index (χ0) is 27.6. The molecule has 2 heterocycles. The van der Waals surface area contributed by atoms with Gasteiger partial charge in [0.2, 0.25) is 5.91 Å². The molecule has 1 fully saturated rings. The second kappa shape index (κ2) is 14.1. The number of carbonyl (C=O) groups is 2. The number of ether oxygens (including phenoxy) is 1. The maximum absolute atomic E-state index is 13.6. The molecule has 0 aliphatic carbocycles. The van der Waals surface area contributed by atoms with Gasteiger partial charge in [-0.2, -0.15) is 0 Å². The number of carbonyl (C=O) groups excluding carboxylic acids is 2. The van der Waals surface area contributed by atoms with Crippen molar-refractivity contribution in [1.29, 1.82) is 0 Å². The molecule has 4 rings (SSSR count). The number of aryl methyl sites for hydroxylation is 1. The van der Waals surface area contributed by atoms with Crippen molar-refractivity contribution in [3.8, 4) is 0 Å². The second-order valence-corrected chi connectivity index (χ2v) is 9.99. The minimum Gasteiger partial charge on any atom is -0.467 e. The van der Waals surface area contributed by atoms with Crippen molar-refractivity contribution in [3.63, 3.8) is 0 Å². The van der Waals surface area contributed by atoms with Gasteiger partial charge in [0, 0.05) is 43.4 Å². The Morgan fingerprint density at radius 2 is 1.82 bits per heavy atom. The number of morpholine rings is 1. The van der Waals surface area contributed by atoms with Gasteiger partial charge in [-0.3, -0.25) is 9.69 Å². The van der Waals surface area contributed by atoms with Crippen molar-refractivity contribution in [3.05, 3.63) is 88.6 Å². The summed E-state index contributed by atoms with van der Waals surface area (Å²) in [4.78, 5) is 32.4. The maximum atomic E-state index is 13.6. The number of halogens is 2. The van der Waals surface area contributed by atoms with Crippen molar-refractivity contribution in [2.45, 2.75) is 26.4 Å². The van der Waals surface area contributed by atoms with E-state index in [-0.39, 0.29) is 37.4 Å². The molecule has 0 atom stereocenters. The first kappa shape index (κ1) is 28.6. The summed E-state index contributed by atoms with van der Waals surface area (Å²) in [5, 5.41) is 3.43. The van der Waals surface area contributed by atoms with E-state index < -0.39 is 0 Å². The summed E-state index contributed by atoms with van der Waals surface area (Å²) in [6, 6.07) is 14.5. The summed E-state index contributed by atoms with van der Waals surface area (Å²) in [5.41, 5.74) is 2.23. The molecule has 3 aromatic rings. The van der Waals surface area contributed by atoms with Crippen LogP contribution in [0.4, 0.5) is 14.9 Å². The highest BCUT2D eigenvalue weighted by atomic mass is 35.5. The van der Waals surface area contributed by atoms with E-state index in [0.29, 0.717) is 42.6 Å². The molecule has 10 heteroatoms. The van der Waals surface area contributed by atoms with E-state index in [1.807, 2.05) is 13.0 Å². The van der Waals surface area contributed by atoms with Crippen LogP contribution in [0.15, 0.2) is 65.3 Å². The molecule has 1 aliphatic rings. The van der Waals surface area contributed by atoms with Gasteiger partial charge in [-0.05, 0) is 60.9 Å². The number of rotatable bonds is 11. The van der Waals surface area contributed by atoms with Crippen molar-refractivity contribution in [2.24, 2.45) is 0 Å². The highest BCUT2D eigenvalue weighted by Crippen LogP contribution is 2.20. The number of amides is 3. The molecular formula is C29H34ClFN4O4. The number of hydrogen-bond acceptors (Lipinski definition) is 5. The average Bonchev–Trinajstić information content (AvgIpc) is 3.45. The monoisotopic (exact) mass is 556 g/mol. The third-order valence-corrected chi connectivity index (χ3v) is 7.02. The number of nitrogens with zero attached hydrogens (tertiary/aromatic N) is 3. The maximum Gasteiger partial charge on any atom is 0.322 e. The van der Waals surface area contributed by atoms with E-state index in [0.717, 1.165) is 30.8 Å². The lowest BCUT2D eigenvalue weighted by atomic mass is 10.2. The van der Waals surface area contributed by atoms with Crippen LogP contribution in [-0.2, 0) is 22.6 Å². The average molecular weight is 557 g/mol. The van der Waals surface area contributed by atoms with Crippen molar-refractivity contribution in [1.82, 2.24) is 14.7 Å². The zero-order valence-corrected chi connectivity index (χ0v) is 22.8. The summed E-state index contributed by atoms with van der Waals surface area (Å²) < 4.78 is 24.4. The molecule has 2 aromatic carbocycles. The number of furan rings is 1.